The Balaban J connectivity index is 1.27. The number of rotatable bonds is 4. The molecule has 2 aromatic heterocycles. The van der Waals surface area contributed by atoms with Crippen molar-refractivity contribution in [2.45, 2.75) is 50.2 Å². The number of likely N-dealkylation sites (tertiary alicyclic amines) is 1. The molecule has 0 aromatic carbocycles. The lowest BCUT2D eigenvalue weighted by Gasteiger charge is -2.35. The van der Waals surface area contributed by atoms with Crippen LogP contribution in [0.2, 0.25) is 0 Å². The molecule has 5 rings (SSSR count). The van der Waals surface area contributed by atoms with E-state index in [1.807, 2.05) is 6.20 Å². The van der Waals surface area contributed by atoms with Crippen LogP contribution in [-0.4, -0.2) is 45.0 Å². The molecule has 2 aliphatic heterocycles. The van der Waals surface area contributed by atoms with Crippen LogP contribution in [0.5, 0.6) is 0 Å². The van der Waals surface area contributed by atoms with E-state index in [4.69, 9.17) is 0 Å². The molecule has 25 heavy (non-hydrogen) atoms. The summed E-state index contributed by atoms with van der Waals surface area (Å²) in [5.41, 5.74) is 2.39. The van der Waals surface area contributed by atoms with Crippen molar-refractivity contribution in [1.29, 1.82) is 0 Å². The predicted octanol–water partition coefficient (Wildman–Crippen LogP) is 3.36. The molecule has 6 heteroatoms. The first-order valence-electron chi connectivity index (χ1n) is 9.19. The highest BCUT2D eigenvalue weighted by Crippen LogP contribution is 2.38. The summed E-state index contributed by atoms with van der Waals surface area (Å²) >= 11 is 3.45. The Morgan fingerprint density at radius 1 is 1.08 bits per heavy atom. The summed E-state index contributed by atoms with van der Waals surface area (Å²) in [6.07, 6.45) is 8.81. The fourth-order valence-corrected chi connectivity index (χ4v) is 4.61. The van der Waals surface area contributed by atoms with Gasteiger partial charge in [-0.25, -0.2) is 9.97 Å². The third kappa shape index (κ3) is 2.95. The number of anilines is 1. The van der Waals surface area contributed by atoms with Crippen LogP contribution in [0.15, 0.2) is 35.2 Å². The Hall–Kier alpha value is -1.53. The molecule has 2 bridgehead atoms. The van der Waals surface area contributed by atoms with Gasteiger partial charge in [-0.2, -0.15) is 0 Å². The Bertz CT molecular complexity index is 761. The molecule has 4 heterocycles. The average molecular weight is 400 g/mol. The summed E-state index contributed by atoms with van der Waals surface area (Å²) < 4.78 is 1.04. The molecule has 0 radical (unpaired) electrons. The molecule has 2 saturated heterocycles. The van der Waals surface area contributed by atoms with Gasteiger partial charge in [0.15, 0.2) is 0 Å². The lowest BCUT2D eigenvalue weighted by molar-refractivity contribution is 0.227. The zero-order chi connectivity index (χ0) is 16.8. The fraction of sp³-hybridized carbons (Fsp3) is 0.526. The predicted molar refractivity (Wildman–Crippen MR) is 101 cm³/mol. The molecule has 0 spiro atoms. The minimum Gasteiger partial charge on any atom is -0.351 e. The first kappa shape index (κ1) is 15.7. The number of pyridine rings is 1. The van der Waals surface area contributed by atoms with Crippen molar-refractivity contribution in [2.24, 2.45) is 0 Å². The molecule has 2 aromatic rings. The molecule has 2 unspecified atom stereocenters. The van der Waals surface area contributed by atoms with Crippen LogP contribution < -0.4 is 4.90 Å². The number of halogens is 1. The van der Waals surface area contributed by atoms with Crippen molar-refractivity contribution >= 4 is 21.7 Å². The smallest absolute Gasteiger partial charge is 0.132 e. The quantitative estimate of drug-likeness (QED) is 0.788. The molecule has 1 aliphatic carbocycles. The first-order chi connectivity index (χ1) is 12.3. The number of piperazine rings is 1. The summed E-state index contributed by atoms with van der Waals surface area (Å²) in [6.45, 7) is 3.12. The monoisotopic (exact) mass is 399 g/mol. The maximum Gasteiger partial charge on any atom is 0.132 e. The second kappa shape index (κ2) is 6.32. The van der Waals surface area contributed by atoms with Crippen LogP contribution in [0.1, 0.15) is 43.0 Å². The van der Waals surface area contributed by atoms with Gasteiger partial charge in [-0.3, -0.25) is 9.88 Å². The zero-order valence-electron chi connectivity index (χ0n) is 14.2. The summed E-state index contributed by atoms with van der Waals surface area (Å²) in [4.78, 5) is 18.7. The van der Waals surface area contributed by atoms with Gasteiger partial charge in [0.05, 0.1) is 5.69 Å². The highest BCUT2D eigenvalue weighted by atomic mass is 79.9. The van der Waals surface area contributed by atoms with E-state index in [-0.39, 0.29) is 0 Å². The van der Waals surface area contributed by atoms with E-state index in [9.17, 15) is 0 Å². The van der Waals surface area contributed by atoms with Gasteiger partial charge in [-0.15, -0.1) is 0 Å². The van der Waals surface area contributed by atoms with Crippen LogP contribution in [0, 0.1) is 0 Å². The summed E-state index contributed by atoms with van der Waals surface area (Å²) in [6, 6.07) is 7.61. The van der Waals surface area contributed by atoms with E-state index in [0.29, 0.717) is 18.0 Å². The third-order valence-corrected chi connectivity index (χ3v) is 6.47. The molecular formula is C19H22BrN5. The van der Waals surface area contributed by atoms with Gasteiger partial charge in [-0.1, -0.05) is 6.42 Å². The molecule has 0 N–H and O–H groups in total. The number of fused-ring (bicyclic) bond motifs is 2. The maximum atomic E-state index is 4.58. The SMILES string of the molecule is Brc1ccc(CN2CC3CC2CN3c2cc(C3CCC3)ncn2)nc1. The van der Waals surface area contributed by atoms with Crippen LogP contribution in [0.4, 0.5) is 5.82 Å². The van der Waals surface area contributed by atoms with Crippen LogP contribution >= 0.6 is 15.9 Å². The maximum absolute atomic E-state index is 4.58. The molecule has 1 saturated carbocycles. The van der Waals surface area contributed by atoms with Gasteiger partial charge in [0, 0.05) is 60.1 Å². The van der Waals surface area contributed by atoms with Crippen molar-refractivity contribution in [1.82, 2.24) is 19.9 Å². The van der Waals surface area contributed by atoms with E-state index in [1.54, 1.807) is 6.33 Å². The van der Waals surface area contributed by atoms with Crippen LogP contribution in [0.25, 0.3) is 0 Å². The summed E-state index contributed by atoms with van der Waals surface area (Å²) in [5.74, 6) is 1.80. The highest BCUT2D eigenvalue weighted by molar-refractivity contribution is 9.10. The van der Waals surface area contributed by atoms with E-state index in [2.05, 4.69) is 58.9 Å². The first-order valence-corrected chi connectivity index (χ1v) is 9.98. The topological polar surface area (TPSA) is 45.2 Å². The number of hydrogen-bond acceptors (Lipinski definition) is 5. The zero-order valence-corrected chi connectivity index (χ0v) is 15.8. The molecule has 0 amide bonds. The molecular weight excluding hydrogens is 378 g/mol. The Morgan fingerprint density at radius 2 is 2.00 bits per heavy atom. The van der Waals surface area contributed by atoms with Crippen molar-refractivity contribution in [3.8, 4) is 0 Å². The largest absolute Gasteiger partial charge is 0.351 e. The highest BCUT2D eigenvalue weighted by Gasteiger charge is 2.43. The van der Waals surface area contributed by atoms with E-state index >= 15 is 0 Å². The molecule has 5 nitrogen and oxygen atoms in total. The third-order valence-electron chi connectivity index (χ3n) is 6.00. The minimum atomic E-state index is 0.574. The molecule has 2 atom stereocenters. The van der Waals surface area contributed by atoms with E-state index in [0.717, 1.165) is 35.6 Å². The van der Waals surface area contributed by atoms with Gasteiger partial charge in [0.25, 0.3) is 0 Å². The average Bonchev–Trinajstić information content (AvgIpc) is 3.16. The van der Waals surface area contributed by atoms with E-state index in [1.165, 1.54) is 31.4 Å². The Labute approximate surface area is 156 Å². The van der Waals surface area contributed by atoms with E-state index < -0.39 is 0 Å². The summed E-state index contributed by atoms with van der Waals surface area (Å²) in [5, 5.41) is 0. The lowest BCUT2D eigenvalue weighted by atomic mass is 9.83. The molecule has 130 valence electrons. The molecule has 3 aliphatic rings. The molecule has 3 fully saturated rings. The lowest BCUT2D eigenvalue weighted by Crippen LogP contribution is -2.46. The van der Waals surface area contributed by atoms with Gasteiger partial charge >= 0.3 is 0 Å². The normalized spacial score (nSPS) is 26.2. The number of nitrogens with zero attached hydrogens (tertiary/aromatic N) is 5. The summed E-state index contributed by atoms with van der Waals surface area (Å²) in [7, 11) is 0. The van der Waals surface area contributed by atoms with Crippen molar-refractivity contribution in [3.05, 3.63) is 46.6 Å². The number of aromatic nitrogens is 3. The standard InChI is InChI=1S/C19H22BrN5/c20-14-4-5-15(21-8-14)9-24-10-17-6-16(24)11-25(17)19-7-18(22-12-23-19)13-2-1-3-13/h4-5,7-8,12-13,16-17H,1-3,6,9-11H2. The second-order valence-corrected chi connectivity index (χ2v) is 8.44. The van der Waals surface area contributed by atoms with Crippen LogP contribution in [0.3, 0.4) is 0 Å². The van der Waals surface area contributed by atoms with Crippen molar-refractivity contribution in [2.75, 3.05) is 18.0 Å². The minimum absolute atomic E-state index is 0.574. The Morgan fingerprint density at radius 3 is 2.68 bits per heavy atom. The van der Waals surface area contributed by atoms with Gasteiger partial charge < -0.3 is 4.90 Å². The second-order valence-electron chi connectivity index (χ2n) is 7.52. The van der Waals surface area contributed by atoms with Crippen molar-refractivity contribution in [3.63, 3.8) is 0 Å². The fourth-order valence-electron chi connectivity index (χ4n) is 4.38. The number of hydrogen-bond donors (Lipinski definition) is 0. The van der Waals surface area contributed by atoms with Crippen LogP contribution in [-0.2, 0) is 6.54 Å². The van der Waals surface area contributed by atoms with Crippen molar-refractivity contribution < 1.29 is 0 Å². The van der Waals surface area contributed by atoms with Gasteiger partial charge in [0.1, 0.15) is 12.1 Å². The van der Waals surface area contributed by atoms with Gasteiger partial charge in [-0.05, 0) is 47.3 Å². The van der Waals surface area contributed by atoms with Gasteiger partial charge in [0.2, 0.25) is 0 Å². The Kier molecular flexibility index (Phi) is 3.97.